The Morgan fingerprint density at radius 3 is 2.48 bits per heavy atom. The van der Waals surface area contributed by atoms with Gasteiger partial charge in [0.15, 0.2) is 0 Å². The number of primary amides is 1. The Balaban J connectivity index is 1.90. The minimum absolute atomic E-state index is 0.0437. The van der Waals surface area contributed by atoms with Crippen LogP contribution in [0.1, 0.15) is 37.9 Å². The number of hydrogen-bond donors (Lipinski definition) is 1. The fourth-order valence-electron chi connectivity index (χ4n) is 3.53. The van der Waals surface area contributed by atoms with Gasteiger partial charge in [0, 0.05) is 18.0 Å². The number of piperidine rings is 1. The van der Waals surface area contributed by atoms with Crippen molar-refractivity contribution in [1.82, 2.24) is 14.5 Å². The second-order valence-electron chi connectivity index (χ2n) is 7.76. The predicted molar refractivity (Wildman–Crippen MR) is 107 cm³/mol. The summed E-state index contributed by atoms with van der Waals surface area (Å²) in [6.07, 6.45) is 2.90. The van der Waals surface area contributed by atoms with Crippen LogP contribution in [0.3, 0.4) is 0 Å². The summed E-state index contributed by atoms with van der Waals surface area (Å²) in [6.45, 7) is 5.13. The number of aromatic nitrogens is 2. The maximum Gasteiger partial charge on any atom is 0.228 e. The Bertz CT molecular complexity index is 979. The molecule has 0 saturated carbocycles. The molecule has 0 spiro atoms. The molecule has 2 aromatic rings. The summed E-state index contributed by atoms with van der Waals surface area (Å²) in [7, 11) is -3.63. The molecule has 1 aliphatic heterocycles. The van der Waals surface area contributed by atoms with Gasteiger partial charge in [-0.25, -0.2) is 17.8 Å². The summed E-state index contributed by atoms with van der Waals surface area (Å²) in [5.74, 6) is -0.784. The number of amides is 1. The van der Waals surface area contributed by atoms with Crippen LogP contribution in [0.15, 0.2) is 35.6 Å². The van der Waals surface area contributed by atoms with Gasteiger partial charge in [-0.3, -0.25) is 9.69 Å². The molecule has 1 fully saturated rings. The first kappa shape index (κ1) is 21.4. The van der Waals surface area contributed by atoms with Crippen molar-refractivity contribution < 1.29 is 17.6 Å². The van der Waals surface area contributed by atoms with Crippen molar-refractivity contribution in [2.24, 2.45) is 11.7 Å². The van der Waals surface area contributed by atoms with Crippen LogP contribution in [-0.2, 0) is 27.7 Å². The molecule has 1 saturated heterocycles. The highest BCUT2D eigenvalue weighted by Crippen LogP contribution is 2.23. The van der Waals surface area contributed by atoms with Gasteiger partial charge in [0.2, 0.25) is 20.9 Å². The lowest BCUT2D eigenvalue weighted by molar-refractivity contribution is -0.123. The summed E-state index contributed by atoms with van der Waals surface area (Å²) in [4.78, 5) is 17.7. The normalized spacial score (nSPS) is 16.4. The molecule has 2 heterocycles. The smallest absolute Gasteiger partial charge is 0.228 e. The van der Waals surface area contributed by atoms with Gasteiger partial charge in [-0.2, -0.15) is 0 Å². The number of hydrogen-bond acceptors (Lipinski definition) is 5. The number of benzene rings is 1. The molecule has 158 valence electrons. The van der Waals surface area contributed by atoms with Crippen molar-refractivity contribution in [1.29, 1.82) is 0 Å². The number of likely N-dealkylation sites (tertiary alicyclic amines) is 1. The number of carbonyl (C=O) groups excluding carboxylic acids is 1. The Labute approximate surface area is 170 Å². The van der Waals surface area contributed by atoms with E-state index in [2.05, 4.69) is 9.88 Å². The van der Waals surface area contributed by atoms with Crippen LogP contribution in [0.4, 0.5) is 4.39 Å². The van der Waals surface area contributed by atoms with Crippen LogP contribution in [0.2, 0.25) is 0 Å². The van der Waals surface area contributed by atoms with Crippen molar-refractivity contribution in [3.8, 4) is 0 Å². The zero-order chi connectivity index (χ0) is 21.2. The molecule has 1 aromatic carbocycles. The van der Waals surface area contributed by atoms with Gasteiger partial charge >= 0.3 is 0 Å². The number of rotatable bonds is 7. The van der Waals surface area contributed by atoms with E-state index in [0.29, 0.717) is 43.7 Å². The lowest BCUT2D eigenvalue weighted by atomic mass is 9.96. The molecular weight excluding hydrogens is 395 g/mol. The van der Waals surface area contributed by atoms with Crippen molar-refractivity contribution in [3.05, 3.63) is 47.5 Å². The zero-order valence-corrected chi connectivity index (χ0v) is 17.5. The fraction of sp³-hybridized carbons (Fsp3) is 0.500. The van der Waals surface area contributed by atoms with Crippen LogP contribution < -0.4 is 5.73 Å². The maximum absolute atomic E-state index is 14.2. The first-order chi connectivity index (χ1) is 13.7. The van der Waals surface area contributed by atoms with Crippen LogP contribution >= 0.6 is 0 Å². The van der Waals surface area contributed by atoms with E-state index in [1.165, 1.54) is 6.07 Å². The molecule has 1 aromatic heterocycles. The average molecular weight is 423 g/mol. The predicted octanol–water partition coefficient (Wildman–Crippen LogP) is 1.95. The molecule has 3 rings (SSSR count). The SMILES string of the molecule is CC(C)S(=O)(=O)c1ncc(CN2CCC(C(N)=O)CC2)n1Cc1ccccc1F. The summed E-state index contributed by atoms with van der Waals surface area (Å²) < 4.78 is 41.4. The monoisotopic (exact) mass is 422 g/mol. The summed E-state index contributed by atoms with van der Waals surface area (Å²) in [5.41, 5.74) is 6.50. The maximum atomic E-state index is 14.2. The van der Waals surface area contributed by atoms with E-state index < -0.39 is 15.1 Å². The molecule has 29 heavy (non-hydrogen) atoms. The quantitative estimate of drug-likeness (QED) is 0.735. The molecule has 0 unspecified atom stereocenters. The van der Waals surface area contributed by atoms with Crippen LogP contribution in [-0.4, -0.2) is 47.1 Å². The molecule has 2 N–H and O–H groups in total. The van der Waals surface area contributed by atoms with Gasteiger partial charge in [0.1, 0.15) is 5.82 Å². The second-order valence-corrected chi connectivity index (χ2v) is 10.2. The summed E-state index contributed by atoms with van der Waals surface area (Å²) in [5, 5.41) is -0.679. The minimum atomic E-state index is -3.63. The largest absolute Gasteiger partial charge is 0.369 e. The van der Waals surface area contributed by atoms with Gasteiger partial charge in [-0.1, -0.05) is 18.2 Å². The van der Waals surface area contributed by atoms with Crippen LogP contribution in [0.5, 0.6) is 0 Å². The van der Waals surface area contributed by atoms with Crippen LogP contribution in [0, 0.1) is 11.7 Å². The zero-order valence-electron chi connectivity index (χ0n) is 16.7. The van der Waals surface area contributed by atoms with Gasteiger partial charge < -0.3 is 10.3 Å². The third-order valence-electron chi connectivity index (χ3n) is 5.44. The van der Waals surface area contributed by atoms with E-state index in [0.717, 1.165) is 0 Å². The number of imidazole rings is 1. The molecule has 1 amide bonds. The van der Waals surface area contributed by atoms with Gasteiger partial charge in [-0.05, 0) is 45.8 Å². The van der Waals surface area contributed by atoms with E-state index in [9.17, 15) is 17.6 Å². The Kier molecular flexibility index (Phi) is 6.38. The molecule has 1 aliphatic rings. The van der Waals surface area contributed by atoms with E-state index in [4.69, 9.17) is 5.73 Å². The standard InChI is InChI=1S/C20H27FN4O3S/c1-14(2)29(27,28)20-23-11-17(13-24-9-7-15(8-10-24)19(22)26)25(20)12-16-5-3-4-6-18(16)21/h3-6,11,14-15H,7-10,12-13H2,1-2H3,(H2,22,26). The van der Waals surface area contributed by atoms with Crippen molar-refractivity contribution in [3.63, 3.8) is 0 Å². The van der Waals surface area contributed by atoms with Crippen molar-refractivity contribution >= 4 is 15.7 Å². The van der Waals surface area contributed by atoms with Crippen LogP contribution in [0.25, 0.3) is 0 Å². The number of nitrogens with zero attached hydrogens (tertiary/aromatic N) is 3. The number of halogens is 1. The van der Waals surface area contributed by atoms with E-state index >= 15 is 0 Å². The third-order valence-corrected chi connectivity index (χ3v) is 7.51. The molecular formula is C20H27FN4O3S. The molecule has 0 radical (unpaired) electrons. The lowest BCUT2D eigenvalue weighted by Crippen LogP contribution is -2.38. The van der Waals surface area contributed by atoms with Gasteiger partial charge in [0.05, 0.1) is 23.7 Å². The topological polar surface area (TPSA) is 98.3 Å². The van der Waals surface area contributed by atoms with Gasteiger partial charge in [0.25, 0.3) is 0 Å². The highest BCUT2D eigenvalue weighted by atomic mass is 32.2. The number of carbonyl (C=O) groups is 1. The molecule has 0 bridgehead atoms. The second kappa shape index (κ2) is 8.62. The molecule has 7 nitrogen and oxygen atoms in total. The molecule has 0 aliphatic carbocycles. The average Bonchev–Trinajstić information content (AvgIpc) is 3.07. The number of nitrogens with two attached hydrogens (primary N) is 1. The fourth-order valence-corrected chi connectivity index (χ4v) is 4.64. The first-order valence-corrected chi connectivity index (χ1v) is 11.3. The molecule has 9 heteroatoms. The van der Waals surface area contributed by atoms with Crippen molar-refractivity contribution in [2.75, 3.05) is 13.1 Å². The summed E-state index contributed by atoms with van der Waals surface area (Å²) >= 11 is 0. The van der Waals surface area contributed by atoms with E-state index in [-0.39, 0.29) is 29.3 Å². The Hall–Kier alpha value is -2.26. The third kappa shape index (κ3) is 4.67. The first-order valence-electron chi connectivity index (χ1n) is 9.73. The molecule has 0 atom stereocenters. The van der Waals surface area contributed by atoms with E-state index in [1.807, 2.05) is 0 Å². The van der Waals surface area contributed by atoms with E-state index in [1.54, 1.807) is 42.8 Å². The highest BCUT2D eigenvalue weighted by Gasteiger charge is 2.29. The van der Waals surface area contributed by atoms with Crippen molar-refractivity contribution in [2.45, 2.75) is 50.2 Å². The summed E-state index contributed by atoms with van der Waals surface area (Å²) in [6, 6.07) is 6.32. The lowest BCUT2D eigenvalue weighted by Gasteiger charge is -2.30. The Morgan fingerprint density at radius 1 is 1.24 bits per heavy atom. The highest BCUT2D eigenvalue weighted by molar-refractivity contribution is 7.91. The number of sulfone groups is 1. The minimum Gasteiger partial charge on any atom is -0.369 e. The van der Waals surface area contributed by atoms with Gasteiger partial charge in [-0.15, -0.1) is 0 Å². The Morgan fingerprint density at radius 2 is 1.90 bits per heavy atom.